The molecule has 0 saturated carbocycles. The molecule has 4 aromatic rings. The van der Waals surface area contributed by atoms with E-state index in [-0.39, 0.29) is 24.1 Å². The van der Waals surface area contributed by atoms with Gasteiger partial charge in [0.25, 0.3) is 11.8 Å². The molecule has 0 fully saturated rings. The number of aliphatic hydroxyl groups excluding tert-OH is 1. The fourth-order valence-electron chi connectivity index (χ4n) is 5.48. The number of aliphatic hydroxyl groups is 1. The smallest absolute Gasteiger partial charge is 0.259 e. The van der Waals surface area contributed by atoms with Crippen molar-refractivity contribution >= 4 is 68.4 Å². The number of hydrogen-bond donors (Lipinski definition) is 6. The Labute approximate surface area is 262 Å². The number of imide groups is 1. The second-order valence-electron chi connectivity index (χ2n) is 10.9. The Morgan fingerprint density at radius 2 is 1.46 bits per heavy atom. The number of amides is 6. The summed E-state index contributed by atoms with van der Waals surface area (Å²) in [4.78, 5) is 74.8. The molecule has 2 aromatic heterocycles. The molecule has 5 rings (SSSR count). The average Bonchev–Trinajstić information content (AvgIpc) is 3.66. The highest BCUT2D eigenvalue weighted by atomic mass is 16.3. The molecule has 1 aliphatic rings. The summed E-state index contributed by atoms with van der Waals surface area (Å²) in [5.41, 5.74) is 8.37. The highest BCUT2D eigenvalue weighted by molar-refractivity contribution is 6.50. The maximum atomic E-state index is 13.2. The number of nitrogens with one attached hydrogen (secondary N) is 4. The maximum absolute atomic E-state index is 13.2. The molecule has 14 nitrogen and oxygen atoms in total. The number of carbonyl (C=O) groups excluding carboxylic acids is 6. The van der Waals surface area contributed by atoms with Crippen LogP contribution in [-0.4, -0.2) is 74.9 Å². The van der Waals surface area contributed by atoms with Crippen LogP contribution in [0.25, 0.3) is 33.0 Å². The van der Waals surface area contributed by atoms with E-state index in [9.17, 15) is 33.9 Å². The molecule has 0 unspecified atom stereocenters. The van der Waals surface area contributed by atoms with Gasteiger partial charge < -0.3 is 35.9 Å². The molecule has 238 valence electrons. The van der Waals surface area contributed by atoms with Crippen LogP contribution in [0.2, 0.25) is 0 Å². The van der Waals surface area contributed by atoms with Crippen molar-refractivity contribution in [1.29, 1.82) is 0 Å². The average molecular weight is 628 g/mol. The number of aryl methyl sites for hydroxylation is 2. The Balaban J connectivity index is 1.35. The van der Waals surface area contributed by atoms with Crippen molar-refractivity contribution in [1.82, 2.24) is 30.4 Å². The lowest BCUT2D eigenvalue weighted by molar-refractivity contribution is -0.131. The van der Waals surface area contributed by atoms with E-state index in [2.05, 4.69) is 21.3 Å². The number of aromatic nitrogens is 2. The summed E-state index contributed by atoms with van der Waals surface area (Å²) in [7, 11) is 1.87. The first kappa shape index (κ1) is 31.7. The quantitative estimate of drug-likeness (QED) is 0.115. The van der Waals surface area contributed by atoms with Gasteiger partial charge in [-0.3, -0.25) is 34.1 Å². The summed E-state index contributed by atoms with van der Waals surface area (Å²) in [5.74, 6) is -3.79. The lowest BCUT2D eigenvalue weighted by Gasteiger charge is -2.17. The third-order valence-electron chi connectivity index (χ3n) is 7.80. The topological polar surface area (TPSA) is 207 Å². The van der Waals surface area contributed by atoms with Gasteiger partial charge >= 0.3 is 0 Å². The second kappa shape index (κ2) is 13.1. The lowest BCUT2D eigenvalue weighted by Crippen LogP contribution is -2.52. The fraction of sp³-hybridized carbons (Fsp3) is 0.250. The highest BCUT2D eigenvalue weighted by Crippen LogP contribution is 2.38. The van der Waals surface area contributed by atoms with Crippen molar-refractivity contribution in [2.45, 2.75) is 32.0 Å². The third kappa shape index (κ3) is 6.23. The number of hydrogen-bond acceptors (Lipinski definition) is 7. The molecule has 7 N–H and O–H groups in total. The predicted octanol–water partition coefficient (Wildman–Crippen LogP) is -0.326. The molecule has 0 aliphatic carbocycles. The number of benzene rings is 2. The summed E-state index contributed by atoms with van der Waals surface area (Å²) >= 11 is 0. The molecule has 0 radical (unpaired) electrons. The van der Waals surface area contributed by atoms with Gasteiger partial charge in [0.1, 0.15) is 12.1 Å². The number of para-hydroxylation sites is 2. The van der Waals surface area contributed by atoms with Gasteiger partial charge in [0.15, 0.2) is 0 Å². The first-order valence-corrected chi connectivity index (χ1v) is 14.5. The summed E-state index contributed by atoms with van der Waals surface area (Å²) in [6, 6.07) is 12.6. The Kier molecular flexibility index (Phi) is 9.00. The molecule has 0 saturated heterocycles. The summed E-state index contributed by atoms with van der Waals surface area (Å²) in [6.07, 6.45) is 3.45. The predicted molar refractivity (Wildman–Crippen MR) is 168 cm³/mol. The molecular weight excluding hydrogens is 594 g/mol. The van der Waals surface area contributed by atoms with E-state index >= 15 is 0 Å². The van der Waals surface area contributed by atoms with Gasteiger partial charge in [-0.2, -0.15) is 0 Å². The van der Waals surface area contributed by atoms with Crippen molar-refractivity contribution < 1.29 is 33.9 Å². The standard InChI is InChI=1S/C32H33N7O7/c1-17(29(33)43)35-26(42)13-34-30(44)22(16-40)36-25(41)11-12-39-15-21(19-8-4-6-10-24(19)39)28-27(31(45)37-32(28)46)20-14-38(2)23-9-5-3-7-18(20)23/h3-10,14-15,17,22,40H,11-13,16H2,1-2H3,(H2,33,43)(H,34,44)(H,35,42)(H,36,41)(H,37,45,46)/t17-,22-/m0/s1. The van der Waals surface area contributed by atoms with Gasteiger partial charge in [-0.25, -0.2) is 0 Å². The van der Waals surface area contributed by atoms with E-state index in [1.807, 2.05) is 66.3 Å². The lowest BCUT2D eigenvalue weighted by atomic mass is 9.95. The zero-order chi connectivity index (χ0) is 33.1. The van der Waals surface area contributed by atoms with E-state index in [0.29, 0.717) is 16.5 Å². The molecule has 1 aliphatic heterocycles. The molecule has 14 heteroatoms. The van der Waals surface area contributed by atoms with Gasteiger partial charge in [0.05, 0.1) is 24.3 Å². The minimum Gasteiger partial charge on any atom is -0.394 e. The molecule has 0 spiro atoms. The van der Waals surface area contributed by atoms with E-state index in [1.165, 1.54) is 6.92 Å². The van der Waals surface area contributed by atoms with Crippen LogP contribution in [0.1, 0.15) is 24.5 Å². The molecule has 2 atom stereocenters. The molecule has 2 aromatic carbocycles. The molecular formula is C32H33N7O7. The monoisotopic (exact) mass is 627 g/mol. The number of carbonyl (C=O) groups is 6. The van der Waals surface area contributed by atoms with Crippen molar-refractivity contribution in [3.8, 4) is 0 Å². The molecule has 0 bridgehead atoms. The number of fused-ring (bicyclic) bond motifs is 2. The van der Waals surface area contributed by atoms with Crippen molar-refractivity contribution in [2.75, 3.05) is 13.2 Å². The van der Waals surface area contributed by atoms with Crippen LogP contribution in [0.3, 0.4) is 0 Å². The largest absolute Gasteiger partial charge is 0.394 e. The summed E-state index contributed by atoms with van der Waals surface area (Å²) in [5, 5.41) is 20.7. The van der Waals surface area contributed by atoms with Gasteiger partial charge in [-0.15, -0.1) is 0 Å². The number of rotatable bonds is 12. The first-order valence-electron chi connectivity index (χ1n) is 14.5. The van der Waals surface area contributed by atoms with E-state index in [0.717, 1.165) is 16.4 Å². The Morgan fingerprint density at radius 3 is 2.09 bits per heavy atom. The van der Waals surface area contributed by atoms with Crippen molar-refractivity contribution in [3.63, 3.8) is 0 Å². The van der Waals surface area contributed by atoms with E-state index < -0.39 is 60.7 Å². The Bertz CT molecular complexity index is 1940. The molecule has 46 heavy (non-hydrogen) atoms. The number of nitrogens with two attached hydrogens (primary N) is 1. The number of primary amides is 1. The zero-order valence-corrected chi connectivity index (χ0v) is 25.1. The maximum Gasteiger partial charge on any atom is 0.259 e. The Morgan fingerprint density at radius 1 is 0.870 bits per heavy atom. The van der Waals surface area contributed by atoms with Crippen LogP contribution < -0.4 is 27.0 Å². The second-order valence-corrected chi connectivity index (χ2v) is 10.9. The van der Waals surface area contributed by atoms with E-state index in [1.54, 1.807) is 10.8 Å². The Hall–Kier alpha value is -5.76. The minimum atomic E-state index is -1.33. The van der Waals surface area contributed by atoms with Crippen LogP contribution in [0.4, 0.5) is 0 Å². The SMILES string of the molecule is C[C@H](NC(=O)CNC(=O)[C@H](CO)NC(=O)CCn1cc(C2=C(c3cn(C)c4ccccc34)C(=O)NC2=O)c2ccccc21)C(N)=O. The summed E-state index contributed by atoms with van der Waals surface area (Å²) in [6.45, 7) is 0.319. The normalized spacial score (nSPS) is 14.3. The zero-order valence-electron chi connectivity index (χ0n) is 25.1. The van der Waals surface area contributed by atoms with Crippen LogP contribution in [0.15, 0.2) is 60.9 Å². The summed E-state index contributed by atoms with van der Waals surface area (Å²) < 4.78 is 3.68. The van der Waals surface area contributed by atoms with E-state index in [4.69, 9.17) is 5.73 Å². The van der Waals surface area contributed by atoms with Crippen molar-refractivity contribution in [2.24, 2.45) is 12.8 Å². The first-order chi connectivity index (χ1) is 22.0. The fourth-order valence-corrected chi connectivity index (χ4v) is 5.48. The van der Waals surface area contributed by atoms with Crippen LogP contribution in [0.5, 0.6) is 0 Å². The molecule has 6 amide bonds. The van der Waals surface area contributed by atoms with Gasteiger partial charge in [0.2, 0.25) is 23.6 Å². The third-order valence-corrected chi connectivity index (χ3v) is 7.80. The minimum absolute atomic E-state index is 0.0984. The van der Waals surface area contributed by atoms with Gasteiger partial charge in [0, 0.05) is 65.3 Å². The highest BCUT2D eigenvalue weighted by Gasteiger charge is 2.35. The van der Waals surface area contributed by atoms with Crippen molar-refractivity contribution in [3.05, 3.63) is 72.1 Å². The van der Waals surface area contributed by atoms with Crippen LogP contribution >= 0.6 is 0 Å². The number of nitrogens with zero attached hydrogens (tertiary/aromatic N) is 2. The van der Waals surface area contributed by atoms with Crippen LogP contribution in [0, 0.1) is 0 Å². The van der Waals surface area contributed by atoms with Gasteiger partial charge in [-0.1, -0.05) is 36.4 Å². The van der Waals surface area contributed by atoms with Gasteiger partial charge in [-0.05, 0) is 19.1 Å². The molecule has 3 heterocycles. The van der Waals surface area contributed by atoms with Crippen LogP contribution in [-0.2, 0) is 42.4 Å².